The third-order valence-corrected chi connectivity index (χ3v) is 5.59. The third kappa shape index (κ3) is 3.74. The lowest BCUT2D eigenvalue weighted by molar-refractivity contribution is -0.136. The number of hydrogen-bond donors (Lipinski definition) is 0. The van der Waals surface area contributed by atoms with Crippen molar-refractivity contribution in [2.24, 2.45) is 0 Å². The fraction of sp³-hybridized carbons (Fsp3) is 0.160. The van der Waals surface area contributed by atoms with E-state index in [2.05, 4.69) is 34.6 Å². The molecule has 5 rings (SSSR count). The Balaban J connectivity index is 1.17. The van der Waals surface area contributed by atoms with Crippen LogP contribution in [-0.4, -0.2) is 38.9 Å². The van der Waals surface area contributed by atoms with E-state index in [-0.39, 0.29) is 11.9 Å². The van der Waals surface area contributed by atoms with Crippen LogP contribution < -0.4 is 0 Å². The SMILES string of the molecule is O=C(Cc1ccc(-c2ccccc2)cc1)N1CC(n2cc(-c3ccccc3)nn2)C1. The molecule has 148 valence electrons. The largest absolute Gasteiger partial charge is 0.338 e. The van der Waals surface area contributed by atoms with Crippen LogP contribution in [0.2, 0.25) is 0 Å². The lowest BCUT2D eigenvalue weighted by Crippen LogP contribution is -2.51. The minimum Gasteiger partial charge on any atom is -0.338 e. The first-order valence-electron chi connectivity index (χ1n) is 10.2. The summed E-state index contributed by atoms with van der Waals surface area (Å²) in [5.41, 5.74) is 5.30. The number of amides is 1. The second-order valence-electron chi connectivity index (χ2n) is 7.64. The van der Waals surface area contributed by atoms with Gasteiger partial charge < -0.3 is 4.90 Å². The second-order valence-corrected chi connectivity index (χ2v) is 7.64. The molecule has 1 aliphatic rings. The van der Waals surface area contributed by atoms with Gasteiger partial charge in [0.2, 0.25) is 5.91 Å². The molecule has 1 saturated heterocycles. The van der Waals surface area contributed by atoms with Gasteiger partial charge in [-0.2, -0.15) is 0 Å². The average molecular weight is 394 g/mol. The van der Waals surface area contributed by atoms with E-state index in [1.54, 1.807) is 0 Å². The number of carbonyl (C=O) groups excluding carboxylic acids is 1. The molecule has 4 aromatic rings. The molecule has 3 aromatic carbocycles. The molecule has 0 saturated carbocycles. The molecule has 0 radical (unpaired) electrons. The van der Waals surface area contributed by atoms with E-state index in [0.29, 0.717) is 19.5 Å². The normalized spacial score (nSPS) is 13.8. The summed E-state index contributed by atoms with van der Waals surface area (Å²) < 4.78 is 1.88. The first-order valence-corrected chi connectivity index (χ1v) is 10.2. The molecule has 0 aliphatic carbocycles. The predicted octanol–water partition coefficient (Wildman–Crippen LogP) is 4.24. The zero-order chi connectivity index (χ0) is 20.3. The van der Waals surface area contributed by atoms with E-state index in [4.69, 9.17) is 0 Å². The Morgan fingerprint density at radius 2 is 1.40 bits per heavy atom. The molecule has 1 fully saturated rings. The molecular formula is C25H22N4O. The maximum Gasteiger partial charge on any atom is 0.227 e. The van der Waals surface area contributed by atoms with Crippen molar-refractivity contribution in [1.29, 1.82) is 0 Å². The molecule has 1 aliphatic heterocycles. The lowest BCUT2D eigenvalue weighted by Gasteiger charge is -2.39. The van der Waals surface area contributed by atoms with Crippen molar-refractivity contribution in [3.63, 3.8) is 0 Å². The molecule has 0 spiro atoms. The molecule has 30 heavy (non-hydrogen) atoms. The molecule has 0 atom stereocenters. The van der Waals surface area contributed by atoms with Gasteiger partial charge in [0.25, 0.3) is 0 Å². The molecule has 0 bridgehead atoms. The smallest absolute Gasteiger partial charge is 0.227 e. The average Bonchev–Trinajstić information content (AvgIpc) is 3.24. The molecule has 0 N–H and O–H groups in total. The fourth-order valence-corrected chi connectivity index (χ4v) is 3.75. The van der Waals surface area contributed by atoms with Crippen LogP contribution in [0.25, 0.3) is 22.4 Å². The van der Waals surface area contributed by atoms with E-state index < -0.39 is 0 Å². The van der Waals surface area contributed by atoms with Crippen LogP contribution in [0.15, 0.2) is 91.1 Å². The minimum atomic E-state index is 0.155. The number of likely N-dealkylation sites (tertiary alicyclic amines) is 1. The summed E-state index contributed by atoms with van der Waals surface area (Å²) >= 11 is 0. The summed E-state index contributed by atoms with van der Waals surface area (Å²) in [4.78, 5) is 14.5. The summed E-state index contributed by atoms with van der Waals surface area (Å²) in [6.07, 6.45) is 2.39. The Morgan fingerprint density at radius 1 is 0.800 bits per heavy atom. The van der Waals surface area contributed by atoms with Crippen LogP contribution >= 0.6 is 0 Å². The first kappa shape index (κ1) is 18.3. The molecule has 1 aromatic heterocycles. The zero-order valence-corrected chi connectivity index (χ0v) is 16.6. The Labute approximate surface area is 175 Å². The molecule has 5 nitrogen and oxygen atoms in total. The first-order chi connectivity index (χ1) is 14.8. The number of nitrogens with zero attached hydrogens (tertiary/aromatic N) is 4. The topological polar surface area (TPSA) is 51.0 Å². The van der Waals surface area contributed by atoms with Crippen LogP contribution in [0, 0.1) is 0 Å². The summed E-state index contributed by atoms with van der Waals surface area (Å²) in [6.45, 7) is 1.36. The van der Waals surface area contributed by atoms with Crippen molar-refractivity contribution < 1.29 is 4.79 Å². The highest BCUT2D eigenvalue weighted by Crippen LogP contribution is 2.24. The summed E-state index contributed by atoms with van der Waals surface area (Å²) in [6, 6.07) is 28.7. The highest BCUT2D eigenvalue weighted by molar-refractivity contribution is 5.80. The quantitative estimate of drug-likeness (QED) is 0.509. The Hall–Kier alpha value is -3.73. The standard InChI is InChI=1S/C25H22N4O/c30-25(15-19-11-13-21(14-12-19)20-7-3-1-4-8-20)28-16-23(17-28)29-18-24(26-27-29)22-9-5-2-6-10-22/h1-14,18,23H,15-17H2. The van der Waals surface area contributed by atoms with Crippen LogP contribution in [0.1, 0.15) is 11.6 Å². The van der Waals surface area contributed by atoms with Gasteiger partial charge in [-0.1, -0.05) is 90.1 Å². The Bertz CT molecular complexity index is 1130. The Kier molecular flexibility index (Phi) is 4.85. The van der Waals surface area contributed by atoms with Crippen LogP contribution in [0.5, 0.6) is 0 Å². The number of carbonyl (C=O) groups is 1. The maximum atomic E-state index is 12.6. The van der Waals surface area contributed by atoms with Gasteiger partial charge in [0.1, 0.15) is 5.69 Å². The number of aromatic nitrogens is 3. The second kappa shape index (κ2) is 7.95. The van der Waals surface area contributed by atoms with Crippen LogP contribution in [0.3, 0.4) is 0 Å². The third-order valence-electron chi connectivity index (χ3n) is 5.59. The molecule has 0 unspecified atom stereocenters. The van der Waals surface area contributed by atoms with Gasteiger partial charge in [-0.25, -0.2) is 4.68 Å². The van der Waals surface area contributed by atoms with Gasteiger partial charge in [0.05, 0.1) is 18.7 Å². The number of rotatable bonds is 5. The van der Waals surface area contributed by atoms with Gasteiger partial charge >= 0.3 is 0 Å². The van der Waals surface area contributed by atoms with Gasteiger partial charge in [-0.3, -0.25) is 4.79 Å². The van der Waals surface area contributed by atoms with Crippen molar-refractivity contribution in [1.82, 2.24) is 19.9 Å². The van der Waals surface area contributed by atoms with Crippen molar-refractivity contribution in [2.45, 2.75) is 12.5 Å². The van der Waals surface area contributed by atoms with Crippen LogP contribution in [0.4, 0.5) is 0 Å². The van der Waals surface area contributed by atoms with E-state index in [1.807, 2.05) is 76.4 Å². The highest BCUT2D eigenvalue weighted by Gasteiger charge is 2.32. The minimum absolute atomic E-state index is 0.155. The van der Waals surface area contributed by atoms with Gasteiger partial charge in [0, 0.05) is 18.7 Å². The molecule has 1 amide bonds. The number of benzene rings is 3. The summed E-state index contributed by atoms with van der Waals surface area (Å²) in [5, 5.41) is 8.53. The van der Waals surface area contributed by atoms with Gasteiger partial charge in [0.15, 0.2) is 0 Å². The molecular weight excluding hydrogens is 372 g/mol. The zero-order valence-electron chi connectivity index (χ0n) is 16.6. The van der Waals surface area contributed by atoms with Crippen LogP contribution in [-0.2, 0) is 11.2 Å². The predicted molar refractivity (Wildman–Crippen MR) is 117 cm³/mol. The fourth-order valence-electron chi connectivity index (χ4n) is 3.75. The van der Waals surface area contributed by atoms with E-state index in [1.165, 1.54) is 5.56 Å². The summed E-state index contributed by atoms with van der Waals surface area (Å²) in [5.74, 6) is 0.155. The number of hydrogen-bond acceptors (Lipinski definition) is 3. The summed E-state index contributed by atoms with van der Waals surface area (Å²) in [7, 11) is 0. The Morgan fingerprint density at radius 3 is 2.07 bits per heavy atom. The molecule has 5 heteroatoms. The molecule has 2 heterocycles. The highest BCUT2D eigenvalue weighted by atomic mass is 16.2. The van der Waals surface area contributed by atoms with Crippen molar-refractivity contribution in [3.8, 4) is 22.4 Å². The van der Waals surface area contributed by atoms with E-state index in [0.717, 1.165) is 22.4 Å². The van der Waals surface area contributed by atoms with Crippen molar-refractivity contribution in [2.75, 3.05) is 13.1 Å². The van der Waals surface area contributed by atoms with Gasteiger partial charge in [-0.05, 0) is 16.7 Å². The van der Waals surface area contributed by atoms with Crippen molar-refractivity contribution >= 4 is 5.91 Å². The maximum absolute atomic E-state index is 12.6. The monoisotopic (exact) mass is 394 g/mol. The van der Waals surface area contributed by atoms with Gasteiger partial charge in [-0.15, -0.1) is 5.10 Å². The lowest BCUT2D eigenvalue weighted by atomic mass is 10.0. The van der Waals surface area contributed by atoms with E-state index in [9.17, 15) is 4.79 Å². The van der Waals surface area contributed by atoms with E-state index >= 15 is 0 Å². The van der Waals surface area contributed by atoms with Crippen molar-refractivity contribution in [3.05, 3.63) is 96.7 Å².